The maximum atomic E-state index is 6.04. The predicted molar refractivity (Wildman–Crippen MR) is 121 cm³/mol. The van der Waals surface area contributed by atoms with Gasteiger partial charge in [-0.1, -0.05) is 11.6 Å². The van der Waals surface area contributed by atoms with Gasteiger partial charge in [0.15, 0.2) is 0 Å². The summed E-state index contributed by atoms with van der Waals surface area (Å²) in [6.07, 6.45) is 4.01. The minimum absolute atomic E-state index is 0. The van der Waals surface area contributed by atoms with Crippen molar-refractivity contribution in [2.75, 3.05) is 36.7 Å². The lowest BCUT2D eigenvalue weighted by molar-refractivity contribution is 0.298. The lowest BCUT2D eigenvalue weighted by Gasteiger charge is -2.22. The average molecular weight is 462 g/mol. The van der Waals surface area contributed by atoms with E-state index in [1.165, 1.54) is 0 Å². The third kappa shape index (κ3) is 8.24. The number of hydrogen-bond donors (Lipinski definition) is 1. The monoisotopic (exact) mass is 459 g/mol. The quantitative estimate of drug-likeness (QED) is 0.434. The Kier molecular flexibility index (Phi) is 13.8. The highest BCUT2D eigenvalue weighted by Gasteiger charge is 2.08. The second-order valence-electron chi connectivity index (χ2n) is 5.93. The predicted octanol–water partition coefficient (Wildman–Crippen LogP) is 6.09. The summed E-state index contributed by atoms with van der Waals surface area (Å²) in [5.74, 6) is 1.30. The molecule has 0 aliphatic rings. The first-order valence-corrected chi connectivity index (χ1v) is 9.74. The lowest BCUT2D eigenvalue weighted by Crippen LogP contribution is -2.30. The molecule has 148 valence electrons. The normalized spacial score (nSPS) is 11.7. The Morgan fingerprint density at radius 1 is 1.08 bits per heavy atom. The fourth-order valence-corrected chi connectivity index (χ4v) is 3.42. The molecule has 0 saturated heterocycles. The van der Waals surface area contributed by atoms with Gasteiger partial charge in [0, 0.05) is 53.2 Å². The molecule has 0 radical (unpaired) electrons. The first kappa shape index (κ1) is 25.8. The van der Waals surface area contributed by atoms with Crippen molar-refractivity contribution in [2.45, 2.75) is 25.8 Å². The summed E-state index contributed by atoms with van der Waals surface area (Å²) < 4.78 is 0. The number of hydrogen-bond acceptors (Lipinski definition) is 3. The van der Waals surface area contributed by atoms with Crippen molar-refractivity contribution in [2.24, 2.45) is 0 Å². The van der Waals surface area contributed by atoms with Gasteiger partial charge < -0.3 is 10.2 Å². The average Bonchev–Trinajstić information content (AvgIpc) is 2.55. The molecule has 1 heterocycles. The lowest BCUT2D eigenvalue weighted by atomic mass is 10.1. The number of benzene rings is 1. The maximum Gasteiger partial charge on any atom is 0.0737 e. The smallest absolute Gasteiger partial charge is 0.0737 e. The summed E-state index contributed by atoms with van der Waals surface area (Å²) in [6.45, 7) is 5.02. The van der Waals surface area contributed by atoms with Crippen LogP contribution in [0, 0.1) is 0 Å². The molecule has 0 spiro atoms. The summed E-state index contributed by atoms with van der Waals surface area (Å²) >= 11 is 17.7. The van der Waals surface area contributed by atoms with E-state index in [2.05, 4.69) is 22.1 Å². The zero-order valence-electron chi connectivity index (χ0n) is 14.8. The number of aromatic nitrogens is 1. The van der Waals surface area contributed by atoms with Crippen molar-refractivity contribution < 1.29 is 0 Å². The molecule has 0 fully saturated rings. The standard InChI is InChI=1S/C18H24Cl3N3.2ClH/c1-14(3-2-10-24(11-7-19)12-8-20)23-17-6-9-22-18-13-15(21)4-5-16(17)18;;/h4-6,9,13-14H,2-3,7-8,10-12H2,1H3,(H,22,23);2*1H. The van der Waals surface area contributed by atoms with E-state index in [-0.39, 0.29) is 24.8 Å². The van der Waals surface area contributed by atoms with Crippen LogP contribution >= 0.6 is 59.6 Å². The van der Waals surface area contributed by atoms with Gasteiger partial charge in [-0.3, -0.25) is 4.98 Å². The molecule has 8 heteroatoms. The Balaban J connectivity index is 0.00000312. The van der Waals surface area contributed by atoms with Crippen LogP contribution in [0.3, 0.4) is 0 Å². The number of halogens is 5. The van der Waals surface area contributed by atoms with E-state index < -0.39 is 0 Å². The Hall–Kier alpha value is -0.160. The van der Waals surface area contributed by atoms with Crippen LogP contribution in [0.15, 0.2) is 30.5 Å². The van der Waals surface area contributed by atoms with E-state index in [4.69, 9.17) is 34.8 Å². The molecular weight excluding hydrogens is 435 g/mol. The molecule has 1 unspecified atom stereocenters. The summed E-state index contributed by atoms with van der Waals surface area (Å²) in [5.41, 5.74) is 2.01. The van der Waals surface area contributed by atoms with E-state index in [1.807, 2.05) is 30.5 Å². The molecular formula is C18H26Cl5N3. The summed E-state index contributed by atoms with van der Waals surface area (Å²) in [6, 6.07) is 8.20. The first-order chi connectivity index (χ1) is 11.6. The van der Waals surface area contributed by atoms with Gasteiger partial charge in [-0.15, -0.1) is 48.0 Å². The first-order valence-electron chi connectivity index (χ1n) is 8.29. The maximum absolute atomic E-state index is 6.04. The Labute approximate surface area is 183 Å². The van der Waals surface area contributed by atoms with Crippen LogP contribution in [0.1, 0.15) is 19.8 Å². The third-order valence-corrected chi connectivity index (χ3v) is 4.59. The number of rotatable bonds is 10. The van der Waals surface area contributed by atoms with Gasteiger partial charge in [-0.25, -0.2) is 0 Å². The molecule has 2 rings (SSSR count). The molecule has 1 aromatic carbocycles. The molecule has 1 aromatic heterocycles. The number of nitrogens with one attached hydrogen (secondary N) is 1. The van der Waals surface area contributed by atoms with E-state index in [1.54, 1.807) is 0 Å². The Morgan fingerprint density at radius 3 is 2.42 bits per heavy atom. The van der Waals surface area contributed by atoms with E-state index in [0.29, 0.717) is 22.8 Å². The zero-order valence-corrected chi connectivity index (χ0v) is 18.7. The molecule has 1 N–H and O–H groups in total. The Bertz CT molecular complexity index is 635. The van der Waals surface area contributed by atoms with Gasteiger partial charge in [0.05, 0.1) is 5.52 Å². The number of pyridine rings is 1. The van der Waals surface area contributed by atoms with Crippen molar-refractivity contribution in [1.29, 1.82) is 0 Å². The highest BCUT2D eigenvalue weighted by atomic mass is 35.5. The van der Waals surface area contributed by atoms with Crippen LogP contribution in [0.2, 0.25) is 5.02 Å². The molecule has 26 heavy (non-hydrogen) atoms. The summed E-state index contributed by atoms with van der Waals surface area (Å²) in [5, 5.41) is 5.39. The molecule has 0 aliphatic carbocycles. The van der Waals surface area contributed by atoms with Crippen LogP contribution in [-0.2, 0) is 0 Å². The molecule has 0 amide bonds. The Morgan fingerprint density at radius 2 is 1.77 bits per heavy atom. The minimum Gasteiger partial charge on any atom is -0.382 e. The topological polar surface area (TPSA) is 28.2 Å². The summed E-state index contributed by atoms with van der Waals surface area (Å²) in [4.78, 5) is 6.70. The van der Waals surface area contributed by atoms with Gasteiger partial charge in [0.25, 0.3) is 0 Å². The molecule has 0 saturated carbocycles. The van der Waals surface area contributed by atoms with Crippen molar-refractivity contribution in [3.63, 3.8) is 0 Å². The number of alkyl halides is 2. The van der Waals surface area contributed by atoms with Crippen LogP contribution < -0.4 is 5.32 Å². The molecule has 0 aliphatic heterocycles. The molecule has 3 nitrogen and oxygen atoms in total. The van der Waals surface area contributed by atoms with E-state index in [0.717, 1.165) is 49.1 Å². The van der Waals surface area contributed by atoms with Gasteiger partial charge in [0.1, 0.15) is 0 Å². The van der Waals surface area contributed by atoms with Crippen molar-refractivity contribution >= 4 is 76.2 Å². The number of anilines is 1. The fraction of sp³-hybridized carbons (Fsp3) is 0.500. The van der Waals surface area contributed by atoms with Crippen LogP contribution in [-0.4, -0.2) is 47.3 Å². The second kappa shape index (κ2) is 13.9. The largest absolute Gasteiger partial charge is 0.382 e. The highest BCUT2D eigenvalue weighted by Crippen LogP contribution is 2.25. The fourth-order valence-electron chi connectivity index (χ4n) is 2.78. The van der Waals surface area contributed by atoms with Crippen molar-refractivity contribution in [3.8, 4) is 0 Å². The molecule has 0 bridgehead atoms. The van der Waals surface area contributed by atoms with E-state index in [9.17, 15) is 0 Å². The van der Waals surface area contributed by atoms with Gasteiger partial charge in [-0.2, -0.15) is 0 Å². The molecule has 1 atom stereocenters. The van der Waals surface area contributed by atoms with Crippen molar-refractivity contribution in [1.82, 2.24) is 9.88 Å². The van der Waals surface area contributed by atoms with Crippen LogP contribution in [0.5, 0.6) is 0 Å². The minimum atomic E-state index is 0. The van der Waals surface area contributed by atoms with Crippen molar-refractivity contribution in [3.05, 3.63) is 35.5 Å². The molecule has 2 aromatic rings. The number of fused-ring (bicyclic) bond motifs is 1. The van der Waals surface area contributed by atoms with Crippen LogP contribution in [0.25, 0.3) is 10.9 Å². The highest BCUT2D eigenvalue weighted by molar-refractivity contribution is 6.31. The SMILES string of the molecule is CC(CCCN(CCCl)CCCl)Nc1ccnc2cc(Cl)ccc12.Cl.Cl. The van der Waals surface area contributed by atoms with Crippen LogP contribution in [0.4, 0.5) is 5.69 Å². The van der Waals surface area contributed by atoms with E-state index >= 15 is 0 Å². The van der Waals surface area contributed by atoms with Gasteiger partial charge in [-0.05, 0) is 50.6 Å². The van der Waals surface area contributed by atoms with Gasteiger partial charge in [0.2, 0.25) is 0 Å². The van der Waals surface area contributed by atoms with Gasteiger partial charge >= 0.3 is 0 Å². The number of nitrogens with zero attached hydrogens (tertiary/aromatic N) is 2. The second-order valence-corrected chi connectivity index (χ2v) is 7.12. The summed E-state index contributed by atoms with van der Waals surface area (Å²) in [7, 11) is 0. The third-order valence-electron chi connectivity index (χ3n) is 4.02. The zero-order chi connectivity index (χ0) is 17.4.